The van der Waals surface area contributed by atoms with E-state index in [0.29, 0.717) is 31.2 Å². The summed E-state index contributed by atoms with van der Waals surface area (Å²) in [5.74, 6) is 1.92. The van der Waals surface area contributed by atoms with E-state index >= 15 is 0 Å². The molecule has 0 bridgehead atoms. The Bertz CT molecular complexity index is 637. The quantitative estimate of drug-likeness (QED) is 0.705. The first-order valence-corrected chi connectivity index (χ1v) is 8.43. The smallest absolute Gasteiger partial charge is 0.227 e. The monoisotopic (exact) mass is 331 g/mol. The van der Waals surface area contributed by atoms with Gasteiger partial charge in [-0.15, -0.1) is 0 Å². The number of rotatable bonds is 9. The second-order valence-electron chi connectivity index (χ2n) is 5.64. The predicted octanol–water partition coefficient (Wildman–Crippen LogP) is 3.33. The molecule has 0 radical (unpaired) electrons. The highest BCUT2D eigenvalue weighted by molar-refractivity contribution is 5.76. The van der Waals surface area contributed by atoms with Crippen LogP contribution in [-0.4, -0.2) is 41.1 Å². The maximum atomic E-state index is 12.0. The lowest BCUT2D eigenvalue weighted by Gasteiger charge is -2.15. The first kappa shape index (κ1) is 18.0. The lowest BCUT2D eigenvalue weighted by Crippen LogP contribution is -2.27. The summed E-state index contributed by atoms with van der Waals surface area (Å²) in [5, 5.41) is 3.98. The van der Waals surface area contributed by atoms with Gasteiger partial charge in [0.05, 0.1) is 6.61 Å². The van der Waals surface area contributed by atoms with Gasteiger partial charge in [-0.25, -0.2) is 0 Å². The topological polar surface area (TPSA) is 68.5 Å². The molecule has 130 valence electrons. The van der Waals surface area contributed by atoms with Crippen LogP contribution in [0, 0.1) is 0 Å². The number of aryl methyl sites for hydroxylation is 1. The molecule has 1 aromatic carbocycles. The first-order chi connectivity index (χ1) is 11.6. The molecule has 0 saturated heterocycles. The second-order valence-corrected chi connectivity index (χ2v) is 5.64. The average Bonchev–Trinajstić information content (AvgIpc) is 3.07. The van der Waals surface area contributed by atoms with Crippen LogP contribution in [0.15, 0.2) is 28.8 Å². The fourth-order valence-electron chi connectivity index (χ4n) is 2.27. The predicted molar refractivity (Wildman–Crippen MR) is 91.8 cm³/mol. The van der Waals surface area contributed by atoms with Crippen molar-refractivity contribution >= 4 is 5.91 Å². The van der Waals surface area contributed by atoms with Crippen molar-refractivity contribution < 1.29 is 14.1 Å². The van der Waals surface area contributed by atoms with Gasteiger partial charge >= 0.3 is 0 Å². The van der Waals surface area contributed by atoms with Gasteiger partial charge in [0.1, 0.15) is 5.75 Å². The Morgan fingerprint density at radius 3 is 2.67 bits per heavy atom. The largest absolute Gasteiger partial charge is 0.494 e. The standard InChI is InChI=1S/C18H25N3O3/c1-4-6-13-21(3)17(22)12-11-16-19-18(20-24-16)14-7-9-15(10-8-14)23-5-2/h7-10H,4-6,11-13H2,1-3H3. The van der Waals surface area contributed by atoms with Gasteiger partial charge in [-0.2, -0.15) is 4.98 Å². The molecule has 6 nitrogen and oxygen atoms in total. The number of hydrogen-bond donors (Lipinski definition) is 0. The number of unbranched alkanes of at least 4 members (excludes halogenated alkanes) is 1. The van der Waals surface area contributed by atoms with E-state index in [4.69, 9.17) is 9.26 Å². The third kappa shape index (κ3) is 5.08. The molecular formula is C18H25N3O3. The highest BCUT2D eigenvalue weighted by Gasteiger charge is 2.13. The van der Waals surface area contributed by atoms with Crippen molar-refractivity contribution in [3.05, 3.63) is 30.2 Å². The van der Waals surface area contributed by atoms with E-state index in [2.05, 4.69) is 17.1 Å². The van der Waals surface area contributed by atoms with E-state index in [9.17, 15) is 4.79 Å². The highest BCUT2D eigenvalue weighted by Crippen LogP contribution is 2.20. The van der Waals surface area contributed by atoms with E-state index in [1.54, 1.807) is 4.90 Å². The molecule has 6 heteroatoms. The Balaban J connectivity index is 1.89. The van der Waals surface area contributed by atoms with Crippen molar-refractivity contribution in [1.82, 2.24) is 15.0 Å². The van der Waals surface area contributed by atoms with Crippen molar-refractivity contribution in [3.8, 4) is 17.1 Å². The number of hydrogen-bond acceptors (Lipinski definition) is 5. The summed E-state index contributed by atoms with van der Waals surface area (Å²) in [6.07, 6.45) is 2.93. The van der Waals surface area contributed by atoms with Gasteiger partial charge in [0.2, 0.25) is 17.6 Å². The van der Waals surface area contributed by atoms with Gasteiger partial charge in [0.25, 0.3) is 0 Å². The molecule has 24 heavy (non-hydrogen) atoms. The van der Waals surface area contributed by atoms with Crippen LogP contribution < -0.4 is 4.74 Å². The van der Waals surface area contributed by atoms with Gasteiger partial charge in [0.15, 0.2) is 0 Å². The van der Waals surface area contributed by atoms with Crippen molar-refractivity contribution in [2.75, 3.05) is 20.2 Å². The molecule has 2 aromatic rings. The molecule has 0 spiro atoms. The number of amides is 1. The SMILES string of the molecule is CCCCN(C)C(=O)CCc1nc(-c2ccc(OCC)cc2)no1. The summed E-state index contributed by atoms with van der Waals surface area (Å²) in [6.45, 7) is 5.47. The Labute approximate surface area is 142 Å². The Kier molecular flexibility index (Phi) is 6.78. The van der Waals surface area contributed by atoms with E-state index in [-0.39, 0.29) is 5.91 Å². The van der Waals surface area contributed by atoms with Gasteiger partial charge in [-0.1, -0.05) is 18.5 Å². The van der Waals surface area contributed by atoms with Crippen molar-refractivity contribution in [2.24, 2.45) is 0 Å². The molecule has 0 aliphatic heterocycles. The molecule has 0 aliphatic rings. The molecule has 0 N–H and O–H groups in total. The van der Waals surface area contributed by atoms with Gasteiger partial charge in [-0.3, -0.25) is 4.79 Å². The Morgan fingerprint density at radius 2 is 2.00 bits per heavy atom. The van der Waals surface area contributed by atoms with Crippen LogP contribution in [0.5, 0.6) is 5.75 Å². The summed E-state index contributed by atoms with van der Waals surface area (Å²) < 4.78 is 10.7. The maximum Gasteiger partial charge on any atom is 0.227 e. The third-order valence-corrected chi connectivity index (χ3v) is 3.72. The minimum Gasteiger partial charge on any atom is -0.494 e. The molecule has 0 unspecified atom stereocenters. The zero-order chi connectivity index (χ0) is 17.4. The molecule has 0 aliphatic carbocycles. The molecule has 1 amide bonds. The zero-order valence-electron chi connectivity index (χ0n) is 14.6. The molecule has 0 fully saturated rings. The Hall–Kier alpha value is -2.37. The molecule has 0 saturated carbocycles. The van der Waals surface area contributed by atoms with Gasteiger partial charge in [0, 0.05) is 32.0 Å². The zero-order valence-corrected chi connectivity index (χ0v) is 14.6. The van der Waals surface area contributed by atoms with Crippen LogP contribution in [-0.2, 0) is 11.2 Å². The number of carbonyl (C=O) groups excluding carboxylic acids is 1. The normalized spacial score (nSPS) is 10.6. The van der Waals surface area contributed by atoms with Crippen LogP contribution in [0.3, 0.4) is 0 Å². The van der Waals surface area contributed by atoms with E-state index < -0.39 is 0 Å². The van der Waals surface area contributed by atoms with E-state index in [1.807, 2.05) is 38.2 Å². The first-order valence-electron chi connectivity index (χ1n) is 8.43. The number of benzene rings is 1. The molecule has 1 aromatic heterocycles. The van der Waals surface area contributed by atoms with Crippen molar-refractivity contribution in [2.45, 2.75) is 39.5 Å². The lowest BCUT2D eigenvalue weighted by molar-refractivity contribution is -0.130. The van der Waals surface area contributed by atoms with Crippen molar-refractivity contribution in [1.29, 1.82) is 0 Å². The summed E-state index contributed by atoms with van der Waals surface area (Å²) in [5.41, 5.74) is 0.861. The summed E-state index contributed by atoms with van der Waals surface area (Å²) in [4.78, 5) is 18.1. The fraction of sp³-hybridized carbons (Fsp3) is 0.500. The van der Waals surface area contributed by atoms with Gasteiger partial charge in [-0.05, 0) is 37.6 Å². The summed E-state index contributed by atoms with van der Waals surface area (Å²) >= 11 is 0. The fourth-order valence-corrected chi connectivity index (χ4v) is 2.27. The van der Waals surface area contributed by atoms with Gasteiger partial charge < -0.3 is 14.2 Å². The second kappa shape index (κ2) is 9.05. The molecular weight excluding hydrogens is 306 g/mol. The van der Waals surface area contributed by atoms with E-state index in [1.165, 1.54) is 0 Å². The number of aromatic nitrogens is 2. The highest BCUT2D eigenvalue weighted by atomic mass is 16.5. The lowest BCUT2D eigenvalue weighted by atomic mass is 10.2. The molecule has 0 atom stereocenters. The maximum absolute atomic E-state index is 12.0. The van der Waals surface area contributed by atoms with Crippen LogP contribution in [0.2, 0.25) is 0 Å². The van der Waals surface area contributed by atoms with Crippen LogP contribution in [0.1, 0.15) is 39.0 Å². The molecule has 2 rings (SSSR count). The average molecular weight is 331 g/mol. The minimum absolute atomic E-state index is 0.101. The summed E-state index contributed by atoms with van der Waals surface area (Å²) in [7, 11) is 1.83. The third-order valence-electron chi connectivity index (χ3n) is 3.72. The van der Waals surface area contributed by atoms with Crippen LogP contribution >= 0.6 is 0 Å². The Morgan fingerprint density at radius 1 is 1.25 bits per heavy atom. The van der Waals surface area contributed by atoms with E-state index in [0.717, 1.165) is 30.7 Å². The van der Waals surface area contributed by atoms with Crippen molar-refractivity contribution in [3.63, 3.8) is 0 Å². The number of carbonyl (C=O) groups is 1. The molecule has 1 heterocycles. The summed E-state index contributed by atoms with van der Waals surface area (Å²) in [6, 6.07) is 7.54. The minimum atomic E-state index is 0.101. The van der Waals surface area contributed by atoms with Crippen LogP contribution in [0.4, 0.5) is 0 Å². The number of ether oxygens (including phenoxy) is 1. The van der Waals surface area contributed by atoms with Crippen LogP contribution in [0.25, 0.3) is 11.4 Å². The number of nitrogens with zero attached hydrogens (tertiary/aromatic N) is 3.